The maximum Gasteiger partial charge on any atom is 0.123 e. The number of hydrogen-bond donors (Lipinski definition) is 1. The average Bonchev–Trinajstić information content (AvgIpc) is 3.24. The molecule has 0 radical (unpaired) electrons. The molecule has 1 unspecified atom stereocenters. The topological polar surface area (TPSA) is 30.5 Å². The predicted molar refractivity (Wildman–Crippen MR) is 81.4 cm³/mol. The van der Waals surface area contributed by atoms with E-state index in [4.69, 9.17) is 9.47 Å². The van der Waals surface area contributed by atoms with Crippen molar-refractivity contribution >= 4 is 11.8 Å². The summed E-state index contributed by atoms with van der Waals surface area (Å²) >= 11 is 1.97. The molecular weight excluding hydrogens is 258 g/mol. The molecule has 106 valence electrons. The van der Waals surface area contributed by atoms with Gasteiger partial charge >= 0.3 is 0 Å². The molecule has 1 atom stereocenters. The minimum absolute atomic E-state index is 0.259. The number of thioether (sulfide) groups is 1. The highest BCUT2D eigenvalue weighted by molar-refractivity contribution is 8.00. The van der Waals surface area contributed by atoms with E-state index in [-0.39, 0.29) is 6.04 Å². The van der Waals surface area contributed by atoms with Gasteiger partial charge in [-0.3, -0.25) is 0 Å². The summed E-state index contributed by atoms with van der Waals surface area (Å²) in [5.74, 6) is 1.78. The second-order valence-corrected chi connectivity index (χ2v) is 6.37. The lowest BCUT2D eigenvalue weighted by Gasteiger charge is -2.21. The minimum Gasteiger partial charge on any atom is -0.497 e. The largest absolute Gasteiger partial charge is 0.497 e. The van der Waals surface area contributed by atoms with E-state index in [9.17, 15) is 0 Å². The Bertz CT molecular complexity index is 432. The van der Waals surface area contributed by atoms with Crippen LogP contribution in [0.2, 0.25) is 0 Å². The first-order chi connectivity index (χ1) is 9.14. The van der Waals surface area contributed by atoms with Crippen molar-refractivity contribution in [2.75, 3.05) is 27.0 Å². The van der Waals surface area contributed by atoms with Crippen LogP contribution in [0, 0.1) is 0 Å². The monoisotopic (exact) mass is 281 g/mol. The number of nitrogens with one attached hydrogen (secondary N) is 1. The zero-order valence-corrected chi connectivity index (χ0v) is 13.0. The lowest BCUT2D eigenvalue weighted by Crippen LogP contribution is -2.28. The number of ether oxygens (including phenoxy) is 2. The molecule has 1 aromatic rings. The molecule has 1 N–H and O–H groups in total. The molecule has 0 bridgehead atoms. The van der Waals surface area contributed by atoms with Crippen LogP contribution in [0.3, 0.4) is 0 Å². The molecule has 1 fully saturated rings. The summed E-state index contributed by atoms with van der Waals surface area (Å²) in [6, 6.07) is 6.21. The zero-order chi connectivity index (χ0) is 13.9. The Balaban J connectivity index is 2.06. The standard InChI is InChI=1S/C15H23NO2S/c1-11(16-10-15(19-4)7-8-15)13-9-12(17-2)5-6-14(13)18-3/h5-6,9,11,16H,7-8,10H2,1-4H3. The first-order valence-corrected chi connectivity index (χ1v) is 7.87. The van der Waals surface area contributed by atoms with Crippen LogP contribution in [0.5, 0.6) is 11.5 Å². The van der Waals surface area contributed by atoms with E-state index in [1.165, 1.54) is 12.8 Å². The molecule has 1 aliphatic rings. The van der Waals surface area contributed by atoms with Gasteiger partial charge in [0.25, 0.3) is 0 Å². The predicted octanol–water partition coefficient (Wildman–Crippen LogP) is 3.25. The third-order valence-corrected chi connectivity index (χ3v) is 5.29. The summed E-state index contributed by atoms with van der Waals surface area (Å²) in [6.45, 7) is 3.23. The molecule has 1 saturated carbocycles. The smallest absolute Gasteiger partial charge is 0.123 e. The zero-order valence-electron chi connectivity index (χ0n) is 12.2. The van der Waals surface area contributed by atoms with Gasteiger partial charge in [0, 0.05) is 22.9 Å². The van der Waals surface area contributed by atoms with Gasteiger partial charge in [0.15, 0.2) is 0 Å². The van der Waals surface area contributed by atoms with Crippen molar-refractivity contribution < 1.29 is 9.47 Å². The van der Waals surface area contributed by atoms with Gasteiger partial charge in [-0.2, -0.15) is 11.8 Å². The summed E-state index contributed by atoms with van der Waals surface area (Å²) in [4.78, 5) is 0. The van der Waals surface area contributed by atoms with Gasteiger partial charge < -0.3 is 14.8 Å². The molecular formula is C15H23NO2S. The van der Waals surface area contributed by atoms with Crippen molar-refractivity contribution in [1.29, 1.82) is 0 Å². The average molecular weight is 281 g/mol. The van der Waals surface area contributed by atoms with Crippen LogP contribution in [0.25, 0.3) is 0 Å². The highest BCUT2D eigenvalue weighted by Crippen LogP contribution is 2.46. The van der Waals surface area contributed by atoms with Crippen LogP contribution in [-0.2, 0) is 0 Å². The molecule has 0 aliphatic heterocycles. The Morgan fingerprint density at radius 2 is 2.05 bits per heavy atom. The second kappa shape index (κ2) is 6.06. The lowest BCUT2D eigenvalue weighted by atomic mass is 10.1. The van der Waals surface area contributed by atoms with Crippen molar-refractivity contribution in [2.24, 2.45) is 0 Å². The summed E-state index contributed by atoms with van der Waals surface area (Å²) in [6.07, 6.45) is 4.84. The lowest BCUT2D eigenvalue weighted by molar-refractivity contribution is 0.391. The van der Waals surface area contributed by atoms with Gasteiger partial charge in [-0.05, 0) is 44.2 Å². The normalized spacial score (nSPS) is 17.9. The van der Waals surface area contributed by atoms with Gasteiger partial charge in [-0.15, -0.1) is 0 Å². The molecule has 1 aliphatic carbocycles. The fourth-order valence-corrected chi connectivity index (χ4v) is 2.96. The molecule has 0 saturated heterocycles. The fraction of sp³-hybridized carbons (Fsp3) is 0.600. The molecule has 0 aromatic heterocycles. The van der Waals surface area contributed by atoms with Crippen molar-refractivity contribution in [3.63, 3.8) is 0 Å². The Kier molecular flexibility index (Phi) is 4.63. The van der Waals surface area contributed by atoms with Gasteiger partial charge in [0.05, 0.1) is 14.2 Å². The molecule has 0 amide bonds. The van der Waals surface area contributed by atoms with Crippen LogP contribution < -0.4 is 14.8 Å². The summed E-state index contributed by atoms with van der Waals surface area (Å²) in [7, 11) is 3.40. The molecule has 1 aromatic carbocycles. The van der Waals surface area contributed by atoms with Crippen LogP contribution in [0.4, 0.5) is 0 Å². The molecule has 3 nitrogen and oxygen atoms in total. The fourth-order valence-electron chi connectivity index (χ4n) is 2.22. The van der Waals surface area contributed by atoms with E-state index >= 15 is 0 Å². The SMILES string of the molecule is COc1ccc(OC)c(C(C)NCC2(SC)CC2)c1. The van der Waals surface area contributed by atoms with Crippen molar-refractivity contribution in [2.45, 2.75) is 30.6 Å². The number of rotatable bonds is 7. The number of methoxy groups -OCH3 is 2. The maximum atomic E-state index is 5.44. The molecule has 0 heterocycles. The van der Waals surface area contributed by atoms with Crippen LogP contribution in [0.15, 0.2) is 18.2 Å². The molecule has 19 heavy (non-hydrogen) atoms. The van der Waals surface area contributed by atoms with Gasteiger partial charge in [-0.1, -0.05) is 0 Å². The summed E-state index contributed by atoms with van der Waals surface area (Å²) in [5, 5.41) is 3.62. The van der Waals surface area contributed by atoms with E-state index < -0.39 is 0 Å². The first-order valence-electron chi connectivity index (χ1n) is 6.64. The van der Waals surface area contributed by atoms with Crippen molar-refractivity contribution in [3.8, 4) is 11.5 Å². The molecule has 2 rings (SSSR count). The quantitative estimate of drug-likeness (QED) is 0.831. The Morgan fingerprint density at radius 1 is 1.32 bits per heavy atom. The Morgan fingerprint density at radius 3 is 2.58 bits per heavy atom. The summed E-state index contributed by atoms with van der Waals surface area (Å²) in [5.41, 5.74) is 1.15. The van der Waals surface area contributed by atoms with Gasteiger partial charge in [0.2, 0.25) is 0 Å². The third kappa shape index (κ3) is 3.37. The molecule has 0 spiro atoms. The van der Waals surface area contributed by atoms with E-state index in [0.717, 1.165) is 23.6 Å². The van der Waals surface area contributed by atoms with Crippen molar-refractivity contribution in [3.05, 3.63) is 23.8 Å². The van der Waals surface area contributed by atoms with E-state index in [1.807, 2.05) is 23.9 Å². The first kappa shape index (κ1) is 14.5. The number of benzene rings is 1. The van der Waals surface area contributed by atoms with Crippen LogP contribution >= 0.6 is 11.8 Å². The van der Waals surface area contributed by atoms with E-state index in [1.54, 1.807) is 14.2 Å². The van der Waals surface area contributed by atoms with Crippen molar-refractivity contribution in [1.82, 2.24) is 5.32 Å². The van der Waals surface area contributed by atoms with E-state index in [2.05, 4.69) is 24.6 Å². The highest BCUT2D eigenvalue weighted by Gasteiger charge is 2.41. The third-order valence-electron chi connectivity index (χ3n) is 3.87. The Hall–Kier alpha value is -0.870. The minimum atomic E-state index is 0.259. The van der Waals surface area contributed by atoms with Gasteiger partial charge in [-0.25, -0.2) is 0 Å². The van der Waals surface area contributed by atoms with Gasteiger partial charge in [0.1, 0.15) is 11.5 Å². The number of hydrogen-bond acceptors (Lipinski definition) is 4. The van der Waals surface area contributed by atoms with Crippen LogP contribution in [-0.4, -0.2) is 31.8 Å². The van der Waals surface area contributed by atoms with Crippen LogP contribution in [0.1, 0.15) is 31.4 Å². The second-order valence-electron chi connectivity index (χ2n) is 5.10. The maximum absolute atomic E-state index is 5.44. The summed E-state index contributed by atoms with van der Waals surface area (Å²) < 4.78 is 11.2. The van der Waals surface area contributed by atoms with E-state index in [0.29, 0.717) is 4.75 Å². The Labute approximate surface area is 120 Å². The molecule has 4 heteroatoms. The highest BCUT2D eigenvalue weighted by atomic mass is 32.2.